The van der Waals surface area contributed by atoms with E-state index >= 15 is 0 Å². The van der Waals surface area contributed by atoms with E-state index in [1.54, 1.807) is 12.1 Å². The third kappa shape index (κ3) is 3.03. The van der Waals surface area contributed by atoms with Gasteiger partial charge >= 0.3 is 0 Å². The van der Waals surface area contributed by atoms with Gasteiger partial charge in [-0.1, -0.05) is 26.0 Å². The molecule has 1 unspecified atom stereocenters. The van der Waals surface area contributed by atoms with E-state index in [1.807, 2.05) is 6.07 Å². The van der Waals surface area contributed by atoms with Crippen molar-refractivity contribution < 1.29 is 4.39 Å². The van der Waals surface area contributed by atoms with Crippen LogP contribution >= 0.6 is 0 Å². The molecule has 2 aromatic rings. The van der Waals surface area contributed by atoms with Crippen molar-refractivity contribution >= 4 is 0 Å². The van der Waals surface area contributed by atoms with Crippen LogP contribution in [0.1, 0.15) is 43.1 Å². The summed E-state index contributed by atoms with van der Waals surface area (Å²) in [5.41, 5.74) is 10.2. The van der Waals surface area contributed by atoms with Gasteiger partial charge in [0.1, 0.15) is 5.82 Å². The summed E-state index contributed by atoms with van der Waals surface area (Å²) in [7, 11) is 0. The molecule has 0 aliphatic heterocycles. The van der Waals surface area contributed by atoms with Gasteiger partial charge < -0.3 is 10.3 Å². The Labute approximate surface area is 125 Å². The number of nitrogens with two attached hydrogens (primary N) is 1. The molecule has 1 aromatic carbocycles. The van der Waals surface area contributed by atoms with Gasteiger partial charge in [-0.25, -0.2) is 4.39 Å². The summed E-state index contributed by atoms with van der Waals surface area (Å²) in [5.74, 6) is -0.162. The predicted octanol–water partition coefficient (Wildman–Crippen LogP) is 3.84. The van der Waals surface area contributed by atoms with Gasteiger partial charge in [-0.15, -0.1) is 0 Å². The van der Waals surface area contributed by atoms with E-state index in [-0.39, 0.29) is 17.3 Å². The molecule has 1 aliphatic carbocycles. The average molecular weight is 286 g/mol. The van der Waals surface area contributed by atoms with Crippen LogP contribution in [-0.4, -0.2) is 4.57 Å². The molecule has 1 aliphatic rings. The highest BCUT2D eigenvalue weighted by Crippen LogP contribution is 2.39. The first-order chi connectivity index (χ1) is 9.94. The second kappa shape index (κ2) is 5.30. The molecule has 3 rings (SSSR count). The standard InChI is InChI=1S/C18H23FN2/c1-18(2)11-16(20)15-7-9-21(17(15)12-18)8-6-13-4-3-5-14(19)10-13/h3-5,7,9-10,16H,6,8,11-12,20H2,1-2H3. The first-order valence-electron chi connectivity index (χ1n) is 7.62. The van der Waals surface area contributed by atoms with Crippen LogP contribution in [0.15, 0.2) is 36.5 Å². The molecule has 0 radical (unpaired) electrons. The molecule has 0 saturated carbocycles. The topological polar surface area (TPSA) is 30.9 Å². The smallest absolute Gasteiger partial charge is 0.123 e. The van der Waals surface area contributed by atoms with Gasteiger partial charge in [-0.3, -0.25) is 0 Å². The highest BCUT2D eigenvalue weighted by Gasteiger charge is 2.32. The van der Waals surface area contributed by atoms with Crippen LogP contribution in [0.3, 0.4) is 0 Å². The summed E-state index contributed by atoms with van der Waals surface area (Å²) >= 11 is 0. The number of halogens is 1. The SMILES string of the molecule is CC1(C)Cc2c(ccn2CCc2cccc(F)c2)C(N)C1. The molecule has 0 spiro atoms. The fraction of sp³-hybridized carbons (Fsp3) is 0.444. The lowest BCUT2D eigenvalue weighted by Gasteiger charge is -2.34. The number of nitrogens with zero attached hydrogens (tertiary/aromatic N) is 1. The van der Waals surface area contributed by atoms with Gasteiger partial charge in [-0.05, 0) is 54.0 Å². The number of aromatic nitrogens is 1. The molecule has 21 heavy (non-hydrogen) atoms. The summed E-state index contributed by atoms with van der Waals surface area (Å²) in [6, 6.07) is 9.15. The molecule has 2 N–H and O–H groups in total. The summed E-state index contributed by atoms with van der Waals surface area (Å²) in [6.45, 7) is 5.43. The zero-order valence-electron chi connectivity index (χ0n) is 12.8. The van der Waals surface area contributed by atoms with E-state index in [2.05, 4.69) is 30.7 Å². The highest BCUT2D eigenvalue weighted by molar-refractivity contribution is 5.30. The van der Waals surface area contributed by atoms with Crippen LogP contribution in [0, 0.1) is 11.2 Å². The Balaban J connectivity index is 1.79. The normalized spacial score (nSPS) is 20.3. The Morgan fingerprint density at radius 1 is 1.33 bits per heavy atom. The quantitative estimate of drug-likeness (QED) is 0.913. The Hall–Kier alpha value is -1.61. The van der Waals surface area contributed by atoms with Crippen molar-refractivity contribution in [1.82, 2.24) is 4.57 Å². The molecule has 112 valence electrons. The molecule has 0 fully saturated rings. The number of hydrogen-bond acceptors (Lipinski definition) is 1. The molecule has 1 atom stereocenters. The van der Waals surface area contributed by atoms with Crippen molar-refractivity contribution in [1.29, 1.82) is 0 Å². The number of rotatable bonds is 3. The Bertz CT molecular complexity index is 642. The zero-order chi connectivity index (χ0) is 15.0. The number of hydrogen-bond donors (Lipinski definition) is 1. The molecule has 1 heterocycles. The van der Waals surface area contributed by atoms with E-state index < -0.39 is 0 Å². The van der Waals surface area contributed by atoms with Crippen LogP contribution in [0.2, 0.25) is 0 Å². The third-order valence-electron chi connectivity index (χ3n) is 4.46. The predicted molar refractivity (Wildman–Crippen MR) is 83.6 cm³/mol. The van der Waals surface area contributed by atoms with Crippen LogP contribution < -0.4 is 5.73 Å². The maximum absolute atomic E-state index is 13.2. The maximum atomic E-state index is 13.2. The Morgan fingerprint density at radius 3 is 2.90 bits per heavy atom. The lowest BCUT2D eigenvalue weighted by molar-refractivity contribution is 0.275. The highest BCUT2D eigenvalue weighted by atomic mass is 19.1. The van der Waals surface area contributed by atoms with Crippen LogP contribution in [0.5, 0.6) is 0 Å². The van der Waals surface area contributed by atoms with Gasteiger partial charge in [0.2, 0.25) is 0 Å². The second-order valence-corrected chi connectivity index (χ2v) is 6.94. The summed E-state index contributed by atoms with van der Waals surface area (Å²) in [6.07, 6.45) is 5.07. The zero-order valence-corrected chi connectivity index (χ0v) is 12.8. The van der Waals surface area contributed by atoms with Crippen molar-refractivity contribution in [3.63, 3.8) is 0 Å². The number of aryl methyl sites for hydroxylation is 2. The minimum atomic E-state index is -0.162. The van der Waals surface area contributed by atoms with E-state index in [1.165, 1.54) is 17.3 Å². The molecular weight excluding hydrogens is 263 g/mol. The van der Waals surface area contributed by atoms with Gasteiger partial charge in [0.05, 0.1) is 0 Å². The van der Waals surface area contributed by atoms with E-state index in [0.717, 1.165) is 31.4 Å². The van der Waals surface area contributed by atoms with Crippen molar-refractivity contribution in [2.45, 2.75) is 45.7 Å². The fourth-order valence-electron chi connectivity index (χ4n) is 3.45. The second-order valence-electron chi connectivity index (χ2n) is 6.94. The number of fused-ring (bicyclic) bond motifs is 1. The summed E-state index contributed by atoms with van der Waals surface area (Å²) in [4.78, 5) is 0. The molecule has 3 heteroatoms. The van der Waals surface area contributed by atoms with Gasteiger partial charge in [0, 0.05) is 24.5 Å². The van der Waals surface area contributed by atoms with E-state index in [9.17, 15) is 4.39 Å². The van der Waals surface area contributed by atoms with Crippen LogP contribution in [0.4, 0.5) is 4.39 Å². The maximum Gasteiger partial charge on any atom is 0.123 e. The monoisotopic (exact) mass is 286 g/mol. The van der Waals surface area contributed by atoms with Crippen molar-refractivity contribution in [2.75, 3.05) is 0 Å². The largest absolute Gasteiger partial charge is 0.351 e. The minimum Gasteiger partial charge on any atom is -0.351 e. The lowest BCUT2D eigenvalue weighted by atomic mass is 9.74. The van der Waals surface area contributed by atoms with Crippen LogP contribution in [-0.2, 0) is 19.4 Å². The van der Waals surface area contributed by atoms with Gasteiger partial charge in [0.15, 0.2) is 0 Å². The van der Waals surface area contributed by atoms with Gasteiger partial charge in [-0.2, -0.15) is 0 Å². The average Bonchev–Trinajstić information content (AvgIpc) is 2.78. The third-order valence-corrected chi connectivity index (χ3v) is 4.46. The first-order valence-corrected chi connectivity index (χ1v) is 7.62. The summed E-state index contributed by atoms with van der Waals surface area (Å²) < 4.78 is 15.5. The summed E-state index contributed by atoms with van der Waals surface area (Å²) in [5, 5.41) is 0. The molecule has 0 saturated heterocycles. The van der Waals surface area contributed by atoms with Crippen LogP contribution in [0.25, 0.3) is 0 Å². The molecule has 1 aromatic heterocycles. The fourth-order valence-corrected chi connectivity index (χ4v) is 3.45. The van der Waals surface area contributed by atoms with E-state index in [0.29, 0.717) is 0 Å². The van der Waals surface area contributed by atoms with E-state index in [4.69, 9.17) is 5.73 Å². The molecular formula is C18H23FN2. The Morgan fingerprint density at radius 2 is 2.14 bits per heavy atom. The lowest BCUT2D eigenvalue weighted by Crippen LogP contribution is -2.30. The van der Waals surface area contributed by atoms with Crippen molar-refractivity contribution in [3.05, 3.63) is 59.2 Å². The van der Waals surface area contributed by atoms with Crippen molar-refractivity contribution in [3.8, 4) is 0 Å². The van der Waals surface area contributed by atoms with Gasteiger partial charge in [0.25, 0.3) is 0 Å². The van der Waals surface area contributed by atoms with Crippen molar-refractivity contribution in [2.24, 2.45) is 11.1 Å². The molecule has 0 amide bonds. The minimum absolute atomic E-state index is 0.138. The first kappa shape index (κ1) is 14.3. The number of benzene rings is 1. The molecule has 2 nitrogen and oxygen atoms in total. The molecule has 0 bridgehead atoms. The Kier molecular flexibility index (Phi) is 3.62.